The molecule has 1 aromatic carbocycles. The van der Waals surface area contributed by atoms with Crippen LogP contribution >= 0.6 is 22.9 Å². The minimum absolute atomic E-state index is 0.0173. The maximum Gasteiger partial charge on any atom is 0.220 e. The summed E-state index contributed by atoms with van der Waals surface area (Å²) in [6, 6.07) is 4.96. The molecule has 1 saturated heterocycles. The zero-order chi connectivity index (χ0) is 16.9. The van der Waals surface area contributed by atoms with Gasteiger partial charge in [-0.15, -0.1) is 11.3 Å². The van der Waals surface area contributed by atoms with Crippen LogP contribution in [0.15, 0.2) is 29.8 Å². The van der Waals surface area contributed by atoms with Crippen LogP contribution in [0, 0.1) is 5.82 Å². The van der Waals surface area contributed by atoms with Gasteiger partial charge >= 0.3 is 0 Å². The van der Waals surface area contributed by atoms with E-state index in [4.69, 9.17) is 11.6 Å². The van der Waals surface area contributed by atoms with Crippen molar-refractivity contribution in [1.29, 1.82) is 0 Å². The number of nitrogens with one attached hydrogen (secondary N) is 1. The van der Waals surface area contributed by atoms with Gasteiger partial charge in [0.05, 0.1) is 5.02 Å². The van der Waals surface area contributed by atoms with E-state index in [1.807, 2.05) is 5.38 Å². The molecule has 24 heavy (non-hydrogen) atoms. The lowest BCUT2D eigenvalue weighted by atomic mass is 10.1. The standard InChI is InChI=1S/C17H19ClFN3OS/c18-14-5-3-12(10-15(14)19)4-6-16(23)21-11-13-2-1-8-22(13)17-20-7-9-24-17/h3,5,7,9-10,13H,1-2,4,6,8,11H2,(H,21,23). The van der Waals surface area contributed by atoms with Crippen LogP contribution in [0.3, 0.4) is 0 Å². The molecule has 7 heteroatoms. The number of carbonyl (C=O) groups is 1. The molecule has 3 rings (SSSR count). The zero-order valence-electron chi connectivity index (χ0n) is 13.2. The van der Waals surface area contributed by atoms with Crippen molar-refractivity contribution in [1.82, 2.24) is 10.3 Å². The molecule has 128 valence electrons. The summed E-state index contributed by atoms with van der Waals surface area (Å²) in [6.45, 7) is 1.60. The highest BCUT2D eigenvalue weighted by atomic mass is 35.5. The highest BCUT2D eigenvalue weighted by molar-refractivity contribution is 7.13. The Hall–Kier alpha value is -1.66. The molecule has 1 aromatic heterocycles. The average molecular weight is 368 g/mol. The lowest BCUT2D eigenvalue weighted by molar-refractivity contribution is -0.121. The number of rotatable bonds is 6. The number of amides is 1. The summed E-state index contributed by atoms with van der Waals surface area (Å²) in [6.07, 6.45) is 4.82. The van der Waals surface area contributed by atoms with Gasteiger partial charge in [0.2, 0.25) is 5.91 Å². The first-order valence-electron chi connectivity index (χ1n) is 8.00. The molecule has 1 unspecified atom stereocenters. The number of halogens is 2. The molecule has 2 heterocycles. The number of carbonyl (C=O) groups excluding carboxylic acids is 1. The Kier molecular flexibility index (Phi) is 5.68. The van der Waals surface area contributed by atoms with Gasteiger partial charge in [-0.05, 0) is 37.0 Å². The molecule has 1 aliphatic rings. The molecule has 0 radical (unpaired) electrons. The first-order valence-corrected chi connectivity index (χ1v) is 9.26. The summed E-state index contributed by atoms with van der Waals surface area (Å²) in [5.74, 6) is -0.462. The third-order valence-electron chi connectivity index (χ3n) is 4.20. The number of aryl methyl sites for hydroxylation is 1. The van der Waals surface area contributed by atoms with Crippen LogP contribution in [-0.4, -0.2) is 30.0 Å². The summed E-state index contributed by atoms with van der Waals surface area (Å²) >= 11 is 7.28. The Morgan fingerprint density at radius 2 is 2.38 bits per heavy atom. The Morgan fingerprint density at radius 1 is 1.50 bits per heavy atom. The second kappa shape index (κ2) is 7.94. The largest absolute Gasteiger partial charge is 0.354 e. The molecule has 2 aromatic rings. The van der Waals surface area contributed by atoms with E-state index in [1.54, 1.807) is 23.6 Å². The predicted molar refractivity (Wildman–Crippen MR) is 95.2 cm³/mol. The Balaban J connectivity index is 1.46. The Labute approximate surface area is 149 Å². The summed E-state index contributed by atoms with van der Waals surface area (Å²) in [5, 5.41) is 6.08. The highest BCUT2D eigenvalue weighted by Crippen LogP contribution is 2.26. The summed E-state index contributed by atoms with van der Waals surface area (Å²) in [7, 11) is 0. The van der Waals surface area contributed by atoms with Crippen molar-refractivity contribution in [3.05, 3.63) is 46.2 Å². The quantitative estimate of drug-likeness (QED) is 0.847. The topological polar surface area (TPSA) is 45.2 Å². The SMILES string of the molecule is O=C(CCc1ccc(Cl)c(F)c1)NCC1CCCN1c1nccs1. The molecule has 1 aliphatic heterocycles. The van der Waals surface area contributed by atoms with Gasteiger partial charge in [-0.2, -0.15) is 0 Å². The van der Waals surface area contributed by atoms with E-state index in [-0.39, 0.29) is 10.9 Å². The summed E-state index contributed by atoms with van der Waals surface area (Å²) < 4.78 is 13.4. The van der Waals surface area contributed by atoms with Gasteiger partial charge in [-0.25, -0.2) is 9.37 Å². The molecular formula is C17H19ClFN3OS. The van der Waals surface area contributed by atoms with E-state index >= 15 is 0 Å². The number of thiazole rings is 1. The van der Waals surface area contributed by atoms with Crippen molar-refractivity contribution in [2.45, 2.75) is 31.7 Å². The van der Waals surface area contributed by atoms with Gasteiger partial charge in [0.25, 0.3) is 0 Å². The van der Waals surface area contributed by atoms with E-state index in [9.17, 15) is 9.18 Å². The number of anilines is 1. The van der Waals surface area contributed by atoms with E-state index in [1.165, 1.54) is 12.1 Å². The van der Waals surface area contributed by atoms with Gasteiger partial charge in [0, 0.05) is 37.1 Å². The van der Waals surface area contributed by atoms with Gasteiger partial charge in [-0.3, -0.25) is 4.79 Å². The zero-order valence-corrected chi connectivity index (χ0v) is 14.7. The number of hydrogen-bond donors (Lipinski definition) is 1. The van der Waals surface area contributed by atoms with Gasteiger partial charge in [0.1, 0.15) is 5.82 Å². The molecule has 0 saturated carbocycles. The van der Waals surface area contributed by atoms with Crippen molar-refractivity contribution >= 4 is 34.0 Å². The normalized spacial score (nSPS) is 17.2. The predicted octanol–water partition coefficient (Wildman–Crippen LogP) is 3.65. The molecule has 0 aliphatic carbocycles. The summed E-state index contributed by atoms with van der Waals surface area (Å²) in [5.41, 5.74) is 0.775. The van der Waals surface area contributed by atoms with Crippen molar-refractivity contribution in [3.63, 3.8) is 0 Å². The van der Waals surface area contributed by atoms with Crippen LogP contribution < -0.4 is 10.2 Å². The van der Waals surface area contributed by atoms with Crippen molar-refractivity contribution in [3.8, 4) is 0 Å². The van der Waals surface area contributed by atoms with Crippen LogP contribution in [0.25, 0.3) is 0 Å². The van der Waals surface area contributed by atoms with Crippen LogP contribution in [0.1, 0.15) is 24.8 Å². The van der Waals surface area contributed by atoms with Crippen LogP contribution in [-0.2, 0) is 11.2 Å². The lowest BCUT2D eigenvalue weighted by Gasteiger charge is -2.24. The molecular weight excluding hydrogens is 349 g/mol. The molecule has 4 nitrogen and oxygen atoms in total. The fourth-order valence-electron chi connectivity index (χ4n) is 2.93. The molecule has 1 N–H and O–H groups in total. The molecule has 1 amide bonds. The molecule has 0 bridgehead atoms. The fraction of sp³-hybridized carbons (Fsp3) is 0.412. The maximum absolute atomic E-state index is 13.4. The van der Waals surface area contributed by atoms with E-state index in [0.29, 0.717) is 25.4 Å². The van der Waals surface area contributed by atoms with Crippen molar-refractivity contribution in [2.75, 3.05) is 18.0 Å². The van der Waals surface area contributed by atoms with Crippen LogP contribution in [0.2, 0.25) is 5.02 Å². The van der Waals surface area contributed by atoms with Gasteiger partial charge < -0.3 is 10.2 Å². The second-order valence-corrected chi connectivity index (χ2v) is 7.14. The van der Waals surface area contributed by atoms with Crippen molar-refractivity contribution in [2.24, 2.45) is 0 Å². The highest BCUT2D eigenvalue weighted by Gasteiger charge is 2.26. The molecule has 1 fully saturated rings. The smallest absolute Gasteiger partial charge is 0.220 e. The number of nitrogens with zero attached hydrogens (tertiary/aromatic N) is 2. The molecule has 1 atom stereocenters. The van der Waals surface area contributed by atoms with Gasteiger partial charge in [0.15, 0.2) is 5.13 Å². The Bertz CT molecular complexity index is 695. The summed E-state index contributed by atoms with van der Waals surface area (Å²) in [4.78, 5) is 18.7. The number of hydrogen-bond acceptors (Lipinski definition) is 4. The monoisotopic (exact) mass is 367 g/mol. The third-order valence-corrected chi connectivity index (χ3v) is 5.32. The minimum atomic E-state index is -0.445. The molecule has 0 spiro atoms. The first kappa shape index (κ1) is 17.2. The fourth-order valence-corrected chi connectivity index (χ4v) is 3.79. The van der Waals surface area contributed by atoms with E-state index < -0.39 is 5.82 Å². The van der Waals surface area contributed by atoms with Gasteiger partial charge in [-0.1, -0.05) is 17.7 Å². The maximum atomic E-state index is 13.4. The number of aromatic nitrogens is 1. The average Bonchev–Trinajstić information content (AvgIpc) is 3.24. The van der Waals surface area contributed by atoms with E-state index in [2.05, 4.69) is 15.2 Å². The third kappa shape index (κ3) is 4.24. The number of benzene rings is 1. The van der Waals surface area contributed by atoms with E-state index in [0.717, 1.165) is 30.1 Å². The van der Waals surface area contributed by atoms with Crippen LogP contribution in [0.4, 0.5) is 9.52 Å². The Morgan fingerprint density at radius 3 is 3.12 bits per heavy atom. The second-order valence-electron chi connectivity index (χ2n) is 5.86. The van der Waals surface area contributed by atoms with Crippen molar-refractivity contribution < 1.29 is 9.18 Å². The van der Waals surface area contributed by atoms with Crippen LogP contribution in [0.5, 0.6) is 0 Å². The lowest BCUT2D eigenvalue weighted by Crippen LogP contribution is -2.40. The minimum Gasteiger partial charge on any atom is -0.354 e. The first-order chi connectivity index (χ1) is 11.6.